The Morgan fingerprint density at radius 2 is 2.19 bits per heavy atom. The van der Waals surface area contributed by atoms with Crippen molar-refractivity contribution < 1.29 is 13.6 Å². The first-order valence-corrected chi connectivity index (χ1v) is 6.56. The number of carbonyl (C=O) groups is 1. The summed E-state index contributed by atoms with van der Waals surface area (Å²) in [7, 11) is 1.51. The van der Waals surface area contributed by atoms with Crippen molar-refractivity contribution in [3.05, 3.63) is 51.8 Å². The van der Waals surface area contributed by atoms with Gasteiger partial charge >= 0.3 is 0 Å². The van der Waals surface area contributed by atoms with Crippen LogP contribution in [0.2, 0.25) is 0 Å². The van der Waals surface area contributed by atoms with Gasteiger partial charge in [0.25, 0.3) is 0 Å². The number of nitrogens with one attached hydrogen (secondary N) is 2. The Morgan fingerprint density at radius 1 is 1.38 bits per heavy atom. The third kappa shape index (κ3) is 2.12. The van der Waals surface area contributed by atoms with Gasteiger partial charge in [0, 0.05) is 30.6 Å². The fraction of sp³-hybridized carbons (Fsp3) is 0.200. The monoisotopic (exact) mass is 289 g/mol. The lowest BCUT2D eigenvalue weighted by Crippen LogP contribution is -2.30. The summed E-state index contributed by atoms with van der Waals surface area (Å²) in [5.74, 6) is -2.45. The molecule has 108 valence electrons. The molecule has 2 heterocycles. The van der Waals surface area contributed by atoms with Gasteiger partial charge in [-0.1, -0.05) is 6.08 Å². The molecule has 1 aromatic heterocycles. The topological polar surface area (TPSA) is 57.2 Å². The molecule has 0 radical (unpaired) electrons. The molecule has 0 saturated carbocycles. The van der Waals surface area contributed by atoms with Crippen LogP contribution in [0.25, 0.3) is 6.08 Å². The molecule has 4 nitrogen and oxygen atoms in total. The van der Waals surface area contributed by atoms with Crippen LogP contribution in [0.3, 0.4) is 0 Å². The van der Waals surface area contributed by atoms with E-state index in [0.717, 1.165) is 6.07 Å². The second-order valence-corrected chi connectivity index (χ2v) is 4.70. The van der Waals surface area contributed by atoms with Crippen molar-refractivity contribution in [2.45, 2.75) is 6.42 Å². The van der Waals surface area contributed by atoms with E-state index in [1.807, 2.05) is 6.08 Å². The van der Waals surface area contributed by atoms with Crippen LogP contribution < -0.4 is 16.0 Å². The van der Waals surface area contributed by atoms with Gasteiger partial charge in [0.15, 0.2) is 5.82 Å². The van der Waals surface area contributed by atoms with Gasteiger partial charge in [-0.2, -0.15) is 0 Å². The first-order valence-electron chi connectivity index (χ1n) is 6.56. The molecule has 2 aromatic rings. The minimum atomic E-state index is -0.884. The number of aromatic amines is 1. The molecule has 3 rings (SSSR count). The van der Waals surface area contributed by atoms with Gasteiger partial charge in [-0.05, 0) is 18.6 Å². The van der Waals surface area contributed by atoms with E-state index in [1.165, 1.54) is 19.3 Å². The molecule has 0 saturated heterocycles. The molecule has 1 aliphatic heterocycles. The van der Waals surface area contributed by atoms with E-state index < -0.39 is 23.0 Å². The first-order chi connectivity index (χ1) is 10.1. The number of aromatic nitrogens is 1. The Balaban J connectivity index is 2.19. The summed E-state index contributed by atoms with van der Waals surface area (Å²) in [6, 6.07) is 2.34. The molecular formula is C15H13F2N3O. The average Bonchev–Trinajstić information content (AvgIpc) is 2.91. The van der Waals surface area contributed by atoms with E-state index in [0.29, 0.717) is 23.7 Å². The Labute approximate surface area is 119 Å². The normalized spacial score (nSPS) is 13.1. The third-order valence-electron chi connectivity index (χ3n) is 3.48. The number of carbonyl (C=O) groups excluding carboxylic acids is 1. The Morgan fingerprint density at radius 3 is 2.95 bits per heavy atom. The number of hydrogen-bond acceptors (Lipinski definition) is 3. The van der Waals surface area contributed by atoms with Crippen LogP contribution in [0, 0.1) is 11.6 Å². The van der Waals surface area contributed by atoms with Crippen molar-refractivity contribution in [2.24, 2.45) is 4.99 Å². The highest BCUT2D eigenvalue weighted by Gasteiger charge is 2.23. The highest BCUT2D eigenvalue weighted by atomic mass is 19.1. The summed E-state index contributed by atoms with van der Waals surface area (Å²) in [5.41, 5.74) is 0.343. The zero-order chi connectivity index (χ0) is 15.0. The minimum absolute atomic E-state index is 0.0813. The molecule has 0 aliphatic carbocycles. The van der Waals surface area contributed by atoms with Crippen molar-refractivity contribution in [3.63, 3.8) is 0 Å². The summed E-state index contributed by atoms with van der Waals surface area (Å²) in [6.45, 7) is 0.638. The Kier molecular flexibility index (Phi) is 3.29. The van der Waals surface area contributed by atoms with Gasteiger partial charge in [0.05, 0.1) is 11.3 Å². The van der Waals surface area contributed by atoms with Crippen LogP contribution in [0.4, 0.5) is 14.5 Å². The van der Waals surface area contributed by atoms with Crippen LogP contribution in [0.5, 0.6) is 0 Å². The molecular weight excluding hydrogens is 276 g/mol. The largest absolute Gasteiger partial charge is 0.386 e. The first kappa shape index (κ1) is 13.5. The predicted molar refractivity (Wildman–Crippen MR) is 74.9 cm³/mol. The van der Waals surface area contributed by atoms with Crippen LogP contribution in [-0.4, -0.2) is 24.4 Å². The van der Waals surface area contributed by atoms with Crippen LogP contribution >= 0.6 is 0 Å². The number of fused-ring (bicyclic) bond motifs is 1. The van der Waals surface area contributed by atoms with Crippen molar-refractivity contribution >= 4 is 17.5 Å². The summed E-state index contributed by atoms with van der Waals surface area (Å²) in [6.07, 6.45) is 4.00. The van der Waals surface area contributed by atoms with Crippen molar-refractivity contribution in [1.82, 2.24) is 4.98 Å². The van der Waals surface area contributed by atoms with Crippen molar-refractivity contribution in [3.8, 4) is 0 Å². The molecule has 0 unspecified atom stereocenters. The fourth-order valence-corrected chi connectivity index (χ4v) is 2.42. The molecule has 0 fully saturated rings. The maximum Gasteiger partial charge on any atom is 0.201 e. The Hall–Kier alpha value is -2.50. The number of halogens is 2. The van der Waals surface area contributed by atoms with E-state index in [-0.39, 0.29) is 11.3 Å². The lowest BCUT2D eigenvalue weighted by Gasteiger charge is -2.08. The van der Waals surface area contributed by atoms with E-state index in [4.69, 9.17) is 0 Å². The number of ketones is 1. The molecule has 0 bridgehead atoms. The lowest BCUT2D eigenvalue weighted by atomic mass is 10.0. The van der Waals surface area contributed by atoms with E-state index in [1.54, 1.807) is 0 Å². The second-order valence-electron chi connectivity index (χ2n) is 4.70. The molecule has 0 atom stereocenters. The second kappa shape index (κ2) is 5.12. The average molecular weight is 289 g/mol. The van der Waals surface area contributed by atoms with Gasteiger partial charge in [-0.3, -0.25) is 9.79 Å². The SMILES string of the molecule is CNc1ccc(F)c(C(=O)c2c[nH]c3c2=CCCN=3)c1F. The standard InChI is InChI=1S/C15H13F2N3O/c1-18-11-5-4-10(16)12(13(11)17)14(21)9-7-20-15-8(9)3-2-6-19-15/h3-5,7,18H,2,6H2,1H3,(H,19,20). The van der Waals surface area contributed by atoms with E-state index >= 15 is 0 Å². The minimum Gasteiger partial charge on any atom is -0.386 e. The van der Waals surface area contributed by atoms with Gasteiger partial charge < -0.3 is 10.3 Å². The maximum absolute atomic E-state index is 14.2. The predicted octanol–water partition coefficient (Wildman–Crippen LogP) is 1.37. The molecule has 21 heavy (non-hydrogen) atoms. The number of benzene rings is 1. The van der Waals surface area contributed by atoms with Crippen molar-refractivity contribution in [1.29, 1.82) is 0 Å². The van der Waals surface area contributed by atoms with E-state index in [2.05, 4.69) is 15.3 Å². The summed E-state index contributed by atoms with van der Waals surface area (Å²) < 4.78 is 28.1. The number of anilines is 1. The summed E-state index contributed by atoms with van der Waals surface area (Å²) >= 11 is 0. The van der Waals surface area contributed by atoms with Gasteiger partial charge in [0.1, 0.15) is 11.3 Å². The molecule has 1 aromatic carbocycles. The number of H-pyrrole nitrogens is 1. The Bertz CT molecular complexity index is 839. The zero-order valence-electron chi connectivity index (χ0n) is 11.3. The lowest BCUT2D eigenvalue weighted by molar-refractivity contribution is 0.103. The van der Waals surface area contributed by atoms with Crippen LogP contribution in [0.1, 0.15) is 22.3 Å². The number of hydrogen-bond donors (Lipinski definition) is 2. The van der Waals surface area contributed by atoms with E-state index in [9.17, 15) is 13.6 Å². The zero-order valence-corrected chi connectivity index (χ0v) is 11.3. The van der Waals surface area contributed by atoms with Gasteiger partial charge in [-0.25, -0.2) is 8.78 Å². The highest BCUT2D eigenvalue weighted by Crippen LogP contribution is 2.22. The molecule has 2 N–H and O–H groups in total. The summed E-state index contributed by atoms with van der Waals surface area (Å²) in [5, 5.41) is 3.21. The van der Waals surface area contributed by atoms with Crippen LogP contribution in [-0.2, 0) is 0 Å². The van der Waals surface area contributed by atoms with Gasteiger partial charge in [-0.15, -0.1) is 0 Å². The number of nitrogens with zero attached hydrogens (tertiary/aromatic N) is 1. The fourth-order valence-electron chi connectivity index (χ4n) is 2.42. The molecule has 6 heteroatoms. The molecule has 1 aliphatic rings. The maximum atomic E-state index is 14.2. The summed E-state index contributed by atoms with van der Waals surface area (Å²) in [4.78, 5) is 19.6. The molecule has 0 spiro atoms. The smallest absolute Gasteiger partial charge is 0.201 e. The number of rotatable bonds is 3. The van der Waals surface area contributed by atoms with Crippen molar-refractivity contribution in [2.75, 3.05) is 18.9 Å². The quantitative estimate of drug-likeness (QED) is 0.839. The third-order valence-corrected chi connectivity index (χ3v) is 3.48. The van der Waals surface area contributed by atoms with Crippen LogP contribution in [0.15, 0.2) is 23.3 Å². The highest BCUT2D eigenvalue weighted by molar-refractivity contribution is 6.10. The van der Waals surface area contributed by atoms with Gasteiger partial charge in [0.2, 0.25) is 5.78 Å². The molecule has 0 amide bonds.